The van der Waals surface area contributed by atoms with Crippen LogP contribution in [0.3, 0.4) is 0 Å². The number of rotatable bonds is 8. The summed E-state index contributed by atoms with van der Waals surface area (Å²) >= 11 is 0. The highest BCUT2D eigenvalue weighted by Crippen LogP contribution is 2.48. The molecule has 2 atom stereocenters. The number of carbonyl (C=O) groups excluding carboxylic acids is 2. The van der Waals surface area contributed by atoms with Crippen molar-refractivity contribution in [1.82, 2.24) is 4.90 Å². The molecule has 2 aliphatic rings. The lowest BCUT2D eigenvalue weighted by Crippen LogP contribution is -2.29. The molecule has 34 heavy (non-hydrogen) atoms. The van der Waals surface area contributed by atoms with Crippen LogP contribution < -0.4 is 18.9 Å². The third-order valence-corrected chi connectivity index (χ3v) is 5.86. The van der Waals surface area contributed by atoms with E-state index in [1.165, 1.54) is 19.1 Å². The maximum Gasteiger partial charge on any atom is 0.409 e. The van der Waals surface area contributed by atoms with E-state index >= 15 is 0 Å². The third-order valence-electron chi connectivity index (χ3n) is 5.86. The molecule has 0 saturated carbocycles. The van der Waals surface area contributed by atoms with E-state index in [1.54, 1.807) is 38.2 Å². The molecule has 1 amide bonds. The van der Waals surface area contributed by atoms with Crippen LogP contribution in [-0.4, -0.2) is 63.3 Å². The Morgan fingerprint density at radius 3 is 2.62 bits per heavy atom. The van der Waals surface area contributed by atoms with Crippen LogP contribution in [0.4, 0.5) is 4.79 Å². The summed E-state index contributed by atoms with van der Waals surface area (Å²) in [5.41, 5.74) is 1.93. The number of esters is 1. The van der Waals surface area contributed by atoms with Gasteiger partial charge < -0.3 is 38.4 Å². The molecule has 2 aliphatic heterocycles. The fourth-order valence-corrected chi connectivity index (χ4v) is 4.13. The topological polar surface area (TPSA) is 113 Å². The van der Waals surface area contributed by atoms with Crippen LogP contribution in [0.5, 0.6) is 23.0 Å². The molecule has 10 nitrogen and oxygen atoms in total. The number of aliphatic hydroxyl groups is 1. The largest absolute Gasteiger partial charge is 0.493 e. The zero-order valence-electron chi connectivity index (χ0n) is 19.5. The van der Waals surface area contributed by atoms with E-state index in [2.05, 4.69) is 0 Å². The smallest absolute Gasteiger partial charge is 0.409 e. The van der Waals surface area contributed by atoms with Gasteiger partial charge in [0.25, 0.3) is 0 Å². The van der Waals surface area contributed by atoms with Gasteiger partial charge in [-0.15, -0.1) is 0 Å². The first-order valence-electron chi connectivity index (χ1n) is 10.8. The summed E-state index contributed by atoms with van der Waals surface area (Å²) in [4.78, 5) is 26.2. The van der Waals surface area contributed by atoms with Gasteiger partial charge in [0.05, 0.1) is 20.8 Å². The summed E-state index contributed by atoms with van der Waals surface area (Å²) in [6.45, 7) is 2.42. The number of cyclic esters (lactones) is 1. The van der Waals surface area contributed by atoms with Gasteiger partial charge >= 0.3 is 12.1 Å². The van der Waals surface area contributed by atoms with E-state index in [-0.39, 0.29) is 24.7 Å². The number of aliphatic hydroxyl groups excluding tert-OH is 1. The van der Waals surface area contributed by atoms with Crippen molar-refractivity contribution in [2.45, 2.75) is 25.6 Å². The van der Waals surface area contributed by atoms with Crippen molar-refractivity contribution in [3.8, 4) is 23.0 Å². The number of amides is 1. The highest BCUT2D eigenvalue weighted by molar-refractivity contribution is 5.98. The van der Waals surface area contributed by atoms with E-state index in [0.717, 1.165) is 5.56 Å². The van der Waals surface area contributed by atoms with Crippen LogP contribution in [-0.2, 0) is 15.9 Å². The molecular weight excluding hydrogens is 446 g/mol. The molecule has 0 bridgehead atoms. The summed E-state index contributed by atoms with van der Waals surface area (Å²) in [5, 5.41) is 11.4. The maximum absolute atomic E-state index is 12.7. The van der Waals surface area contributed by atoms with E-state index in [1.807, 2.05) is 0 Å². The van der Waals surface area contributed by atoms with E-state index in [9.17, 15) is 14.7 Å². The van der Waals surface area contributed by atoms with Crippen molar-refractivity contribution < 1.29 is 43.1 Å². The number of hydrogen-bond acceptors (Lipinski definition) is 9. The highest BCUT2D eigenvalue weighted by Gasteiger charge is 2.41. The Kier molecular flexibility index (Phi) is 6.69. The summed E-state index contributed by atoms with van der Waals surface area (Å²) in [7, 11) is 4.55. The monoisotopic (exact) mass is 473 g/mol. The fraction of sp³-hybridized carbons (Fsp3) is 0.417. The lowest BCUT2D eigenvalue weighted by atomic mass is 9.91. The van der Waals surface area contributed by atoms with Crippen LogP contribution in [0.15, 0.2) is 24.3 Å². The number of benzene rings is 2. The van der Waals surface area contributed by atoms with Gasteiger partial charge in [-0.25, -0.2) is 9.59 Å². The van der Waals surface area contributed by atoms with Crippen LogP contribution in [0.1, 0.15) is 46.2 Å². The number of ether oxygens (including phenoxy) is 6. The van der Waals surface area contributed by atoms with E-state index < -0.39 is 24.3 Å². The molecule has 0 aliphatic carbocycles. The summed E-state index contributed by atoms with van der Waals surface area (Å²) in [6, 6.07) is 6.79. The van der Waals surface area contributed by atoms with Crippen molar-refractivity contribution in [1.29, 1.82) is 0 Å². The lowest BCUT2D eigenvalue weighted by molar-refractivity contribution is -0.0106. The number of methoxy groups -OCH3 is 2. The molecule has 0 saturated heterocycles. The lowest BCUT2D eigenvalue weighted by Gasteiger charge is -2.23. The van der Waals surface area contributed by atoms with Crippen LogP contribution in [0.25, 0.3) is 0 Å². The Hall–Kier alpha value is -3.66. The fourth-order valence-electron chi connectivity index (χ4n) is 4.13. The SMILES string of the molecule is CCOC(=O)N(C)CCc1cc2c(cc1C(O)[C@H]1OC(=O)c3c1ccc(OC)c3OC)OCO2. The van der Waals surface area contributed by atoms with Crippen LogP contribution >= 0.6 is 0 Å². The standard InChI is InChI=1S/C24H27NO9/c1-5-31-24(28)25(2)9-8-13-10-17-18(33-12-32-17)11-15(13)20(26)21-14-6-7-16(29-3)22(30-4)19(14)23(27)34-21/h6-7,10-11,20-21,26H,5,8-9,12H2,1-4H3/t20?,21-/m0/s1. The molecule has 0 spiro atoms. The van der Waals surface area contributed by atoms with Crippen molar-refractivity contribution >= 4 is 12.1 Å². The molecule has 2 aromatic carbocycles. The molecule has 1 N–H and O–H groups in total. The molecule has 2 heterocycles. The first-order valence-corrected chi connectivity index (χ1v) is 10.8. The van der Waals surface area contributed by atoms with E-state index in [4.69, 9.17) is 28.4 Å². The molecule has 10 heteroatoms. The summed E-state index contributed by atoms with van der Waals surface area (Å²) in [6.07, 6.45) is -2.22. The van der Waals surface area contributed by atoms with Crippen LogP contribution in [0.2, 0.25) is 0 Å². The first kappa shape index (κ1) is 23.5. The second-order valence-electron chi connectivity index (χ2n) is 7.81. The Morgan fingerprint density at radius 1 is 1.21 bits per heavy atom. The minimum atomic E-state index is -1.21. The number of carbonyl (C=O) groups is 2. The minimum absolute atomic E-state index is 0.0648. The highest BCUT2D eigenvalue weighted by atomic mass is 16.7. The van der Waals surface area contributed by atoms with Gasteiger partial charge in [0.1, 0.15) is 11.7 Å². The zero-order valence-corrected chi connectivity index (χ0v) is 19.5. The normalized spacial score (nSPS) is 16.5. The number of likely N-dealkylation sites (N-methyl/N-ethyl adjacent to an activating group) is 1. The Bertz CT molecular complexity index is 1100. The Morgan fingerprint density at radius 2 is 1.94 bits per heavy atom. The quantitative estimate of drug-likeness (QED) is 0.578. The molecular formula is C24H27NO9. The number of hydrogen-bond donors (Lipinski definition) is 1. The van der Waals surface area contributed by atoms with Gasteiger partial charge in [0, 0.05) is 19.2 Å². The molecule has 0 aromatic heterocycles. The van der Waals surface area contributed by atoms with Crippen molar-refractivity contribution in [3.05, 3.63) is 46.5 Å². The predicted molar refractivity (Wildman–Crippen MR) is 119 cm³/mol. The number of nitrogens with zero attached hydrogens (tertiary/aromatic N) is 1. The minimum Gasteiger partial charge on any atom is -0.493 e. The molecule has 0 radical (unpaired) electrons. The van der Waals surface area contributed by atoms with E-state index in [0.29, 0.717) is 41.3 Å². The molecule has 0 fully saturated rings. The molecule has 2 aromatic rings. The van der Waals surface area contributed by atoms with Gasteiger partial charge in [-0.2, -0.15) is 0 Å². The first-order chi connectivity index (χ1) is 16.4. The van der Waals surface area contributed by atoms with Gasteiger partial charge in [-0.05, 0) is 42.7 Å². The molecule has 1 unspecified atom stereocenters. The average Bonchev–Trinajstić information content (AvgIpc) is 3.44. The van der Waals surface area contributed by atoms with Crippen molar-refractivity contribution in [2.75, 3.05) is 41.2 Å². The van der Waals surface area contributed by atoms with Gasteiger partial charge in [0.15, 0.2) is 29.1 Å². The predicted octanol–water partition coefficient (Wildman–Crippen LogP) is 3.01. The summed E-state index contributed by atoms with van der Waals surface area (Å²) < 4.78 is 32.3. The molecule has 182 valence electrons. The summed E-state index contributed by atoms with van der Waals surface area (Å²) in [5.74, 6) is 1.05. The van der Waals surface area contributed by atoms with Crippen molar-refractivity contribution in [3.63, 3.8) is 0 Å². The van der Waals surface area contributed by atoms with Gasteiger partial charge in [0.2, 0.25) is 6.79 Å². The third kappa shape index (κ3) is 4.16. The maximum atomic E-state index is 12.7. The molecule has 4 rings (SSSR count). The second kappa shape index (κ2) is 9.68. The van der Waals surface area contributed by atoms with Gasteiger partial charge in [-0.3, -0.25) is 0 Å². The van der Waals surface area contributed by atoms with Gasteiger partial charge in [-0.1, -0.05) is 6.07 Å². The second-order valence-corrected chi connectivity index (χ2v) is 7.81. The average molecular weight is 473 g/mol. The Balaban J connectivity index is 1.67. The van der Waals surface area contributed by atoms with Crippen LogP contribution in [0, 0.1) is 0 Å². The van der Waals surface area contributed by atoms with Crippen molar-refractivity contribution in [2.24, 2.45) is 0 Å². The number of fused-ring (bicyclic) bond motifs is 2. The Labute approximate surface area is 196 Å². The zero-order chi connectivity index (χ0) is 24.4.